The Morgan fingerprint density at radius 2 is 1.89 bits per heavy atom. The number of hydrogen-bond donors (Lipinski definition) is 1. The van der Waals surface area contributed by atoms with Crippen LogP contribution in [0.4, 0.5) is 0 Å². The molecular weight excluding hydrogens is 244 g/mol. The highest BCUT2D eigenvalue weighted by molar-refractivity contribution is 8.00. The van der Waals surface area contributed by atoms with Gasteiger partial charge < -0.3 is 9.84 Å². The molecule has 18 heavy (non-hydrogen) atoms. The van der Waals surface area contributed by atoms with Crippen molar-refractivity contribution in [3.8, 4) is 0 Å². The summed E-state index contributed by atoms with van der Waals surface area (Å²) < 4.78 is 6.00. The van der Waals surface area contributed by atoms with E-state index in [9.17, 15) is 5.11 Å². The standard InChI is InChI=1S/C15H14O2S/c1-14(16)11-6-2-4-10-5-3-7-12(13(10)11)15(14)17-8-9-18-15/h2-7,16H,8-9H2,1H3/t14-,15+/m0/s1. The molecule has 1 aliphatic heterocycles. The lowest BCUT2D eigenvalue weighted by atomic mass is 9.94. The molecule has 1 saturated heterocycles. The molecule has 1 N–H and O–H groups in total. The van der Waals surface area contributed by atoms with E-state index in [-0.39, 0.29) is 0 Å². The van der Waals surface area contributed by atoms with Crippen molar-refractivity contribution in [3.63, 3.8) is 0 Å². The fourth-order valence-electron chi connectivity index (χ4n) is 3.31. The summed E-state index contributed by atoms with van der Waals surface area (Å²) in [5, 5.41) is 13.4. The second-order valence-electron chi connectivity index (χ2n) is 5.09. The van der Waals surface area contributed by atoms with Crippen molar-refractivity contribution < 1.29 is 9.84 Å². The molecule has 0 unspecified atom stereocenters. The van der Waals surface area contributed by atoms with Crippen molar-refractivity contribution in [1.29, 1.82) is 0 Å². The molecule has 2 aromatic carbocycles. The lowest BCUT2D eigenvalue weighted by Gasteiger charge is -2.36. The van der Waals surface area contributed by atoms with Gasteiger partial charge in [0.2, 0.25) is 0 Å². The third kappa shape index (κ3) is 1.04. The molecule has 3 heteroatoms. The Labute approximate surface area is 110 Å². The molecule has 2 nitrogen and oxygen atoms in total. The second kappa shape index (κ2) is 3.29. The van der Waals surface area contributed by atoms with Crippen LogP contribution in [0.15, 0.2) is 36.4 Å². The van der Waals surface area contributed by atoms with Gasteiger partial charge >= 0.3 is 0 Å². The van der Waals surface area contributed by atoms with Crippen LogP contribution in [0.2, 0.25) is 0 Å². The van der Waals surface area contributed by atoms with E-state index in [4.69, 9.17) is 4.74 Å². The first kappa shape index (κ1) is 10.9. The summed E-state index contributed by atoms with van der Waals surface area (Å²) in [7, 11) is 0. The van der Waals surface area contributed by atoms with E-state index >= 15 is 0 Å². The SMILES string of the molecule is C[C@]1(O)c2cccc3cccc(c23)[C@]12OCCS2. The van der Waals surface area contributed by atoms with Gasteiger partial charge in [-0.25, -0.2) is 0 Å². The number of benzene rings is 2. The molecule has 0 saturated carbocycles. The molecule has 2 aliphatic rings. The Morgan fingerprint density at radius 1 is 1.17 bits per heavy atom. The summed E-state index contributed by atoms with van der Waals surface area (Å²) in [5.41, 5.74) is 1.16. The summed E-state index contributed by atoms with van der Waals surface area (Å²) in [5.74, 6) is 0.931. The third-order valence-electron chi connectivity index (χ3n) is 4.12. The van der Waals surface area contributed by atoms with Crippen LogP contribution in [-0.2, 0) is 15.3 Å². The van der Waals surface area contributed by atoms with Gasteiger partial charge in [0, 0.05) is 11.3 Å². The van der Waals surface area contributed by atoms with Crippen LogP contribution in [0.3, 0.4) is 0 Å². The fraction of sp³-hybridized carbons (Fsp3) is 0.333. The number of rotatable bonds is 0. The Hall–Kier alpha value is -1.03. The first-order valence-corrected chi connectivity index (χ1v) is 7.18. The first-order chi connectivity index (χ1) is 8.67. The highest BCUT2D eigenvalue weighted by Gasteiger charge is 2.59. The average Bonchev–Trinajstić information content (AvgIpc) is 2.93. The lowest BCUT2D eigenvalue weighted by molar-refractivity contribution is -0.113. The number of ether oxygens (including phenoxy) is 1. The van der Waals surface area contributed by atoms with Gasteiger partial charge in [-0.1, -0.05) is 36.4 Å². The molecule has 1 spiro atoms. The van der Waals surface area contributed by atoms with E-state index in [1.807, 2.05) is 25.1 Å². The molecular formula is C15H14O2S. The van der Waals surface area contributed by atoms with Crippen LogP contribution in [0.5, 0.6) is 0 Å². The summed E-state index contributed by atoms with van der Waals surface area (Å²) in [6, 6.07) is 12.4. The van der Waals surface area contributed by atoms with Crippen LogP contribution in [0.1, 0.15) is 18.1 Å². The van der Waals surface area contributed by atoms with E-state index in [2.05, 4.69) is 18.2 Å². The van der Waals surface area contributed by atoms with Crippen molar-refractivity contribution in [2.75, 3.05) is 12.4 Å². The van der Waals surface area contributed by atoms with Crippen LogP contribution in [0.25, 0.3) is 10.8 Å². The minimum atomic E-state index is -0.961. The number of hydrogen-bond acceptors (Lipinski definition) is 3. The van der Waals surface area contributed by atoms with E-state index in [0.717, 1.165) is 16.9 Å². The molecule has 92 valence electrons. The molecule has 0 radical (unpaired) electrons. The number of aliphatic hydroxyl groups is 1. The lowest BCUT2D eigenvalue weighted by Crippen LogP contribution is -2.40. The van der Waals surface area contributed by atoms with Gasteiger partial charge in [-0.2, -0.15) is 0 Å². The zero-order chi connectivity index (χ0) is 12.4. The molecule has 2 atom stereocenters. The highest BCUT2D eigenvalue weighted by atomic mass is 32.2. The van der Waals surface area contributed by atoms with Crippen LogP contribution >= 0.6 is 11.8 Å². The molecule has 4 rings (SSSR count). The monoisotopic (exact) mass is 258 g/mol. The minimum Gasteiger partial charge on any atom is -0.381 e. The highest BCUT2D eigenvalue weighted by Crippen LogP contribution is 2.61. The molecule has 0 bridgehead atoms. The Balaban J connectivity index is 2.16. The van der Waals surface area contributed by atoms with Crippen molar-refractivity contribution in [2.24, 2.45) is 0 Å². The molecule has 0 amide bonds. The first-order valence-electron chi connectivity index (χ1n) is 6.20. The zero-order valence-corrected chi connectivity index (χ0v) is 11.0. The van der Waals surface area contributed by atoms with E-state index < -0.39 is 10.5 Å². The number of fused-ring (bicyclic) bond motifs is 1. The zero-order valence-electron chi connectivity index (χ0n) is 10.1. The largest absolute Gasteiger partial charge is 0.381 e. The van der Waals surface area contributed by atoms with Gasteiger partial charge in [0.15, 0.2) is 4.93 Å². The maximum atomic E-state index is 11.0. The second-order valence-corrected chi connectivity index (χ2v) is 6.37. The third-order valence-corrected chi connectivity index (χ3v) is 5.63. The molecule has 0 aromatic heterocycles. The molecule has 1 heterocycles. The summed E-state index contributed by atoms with van der Waals surface area (Å²) >= 11 is 1.72. The quantitative estimate of drug-likeness (QED) is 0.787. The van der Waals surface area contributed by atoms with E-state index in [0.29, 0.717) is 6.61 Å². The summed E-state index contributed by atoms with van der Waals surface area (Å²) in [4.78, 5) is -0.615. The van der Waals surface area contributed by atoms with Crippen molar-refractivity contribution >= 4 is 22.5 Å². The summed E-state index contributed by atoms with van der Waals surface area (Å²) in [6.07, 6.45) is 0. The van der Waals surface area contributed by atoms with Gasteiger partial charge in [-0.05, 0) is 23.3 Å². The molecule has 1 aliphatic carbocycles. The van der Waals surface area contributed by atoms with Gasteiger partial charge in [-0.15, -0.1) is 11.8 Å². The van der Waals surface area contributed by atoms with Gasteiger partial charge in [0.05, 0.1) is 6.61 Å². The van der Waals surface area contributed by atoms with Crippen LogP contribution in [0, 0.1) is 0 Å². The average molecular weight is 258 g/mol. The van der Waals surface area contributed by atoms with Crippen molar-refractivity contribution in [2.45, 2.75) is 17.5 Å². The Kier molecular flexibility index (Phi) is 1.99. The fourth-order valence-corrected chi connectivity index (χ4v) is 4.65. The normalized spacial score (nSPS) is 33.7. The van der Waals surface area contributed by atoms with Gasteiger partial charge in [0.1, 0.15) is 5.60 Å². The van der Waals surface area contributed by atoms with Crippen molar-refractivity contribution in [1.82, 2.24) is 0 Å². The van der Waals surface area contributed by atoms with E-state index in [1.165, 1.54) is 10.8 Å². The Bertz CT molecular complexity index is 637. The predicted molar refractivity (Wildman–Crippen MR) is 73.6 cm³/mol. The predicted octanol–water partition coefficient (Wildman–Crippen LogP) is 2.98. The maximum absolute atomic E-state index is 11.0. The van der Waals surface area contributed by atoms with Crippen LogP contribution in [-0.4, -0.2) is 17.5 Å². The topological polar surface area (TPSA) is 29.5 Å². The molecule has 1 fully saturated rings. The summed E-state index contributed by atoms with van der Waals surface area (Å²) in [6.45, 7) is 2.57. The maximum Gasteiger partial charge on any atom is 0.172 e. The number of thioether (sulfide) groups is 1. The Morgan fingerprint density at radius 3 is 2.56 bits per heavy atom. The molecule has 2 aromatic rings. The minimum absolute atomic E-state index is 0.615. The van der Waals surface area contributed by atoms with E-state index in [1.54, 1.807) is 11.8 Å². The van der Waals surface area contributed by atoms with Crippen LogP contribution < -0.4 is 0 Å². The smallest absolute Gasteiger partial charge is 0.172 e. The van der Waals surface area contributed by atoms with Gasteiger partial charge in [-0.3, -0.25) is 0 Å². The van der Waals surface area contributed by atoms with Crippen molar-refractivity contribution in [3.05, 3.63) is 47.5 Å². The van der Waals surface area contributed by atoms with Gasteiger partial charge in [0.25, 0.3) is 0 Å².